The molecule has 0 aliphatic rings. The van der Waals surface area contributed by atoms with E-state index >= 15 is 0 Å². The van der Waals surface area contributed by atoms with Gasteiger partial charge in [-0.15, -0.1) is 0 Å². The number of hydrogen-bond acceptors (Lipinski definition) is 3. The molecule has 0 heterocycles. The molecule has 0 saturated heterocycles. The number of rotatable bonds is 10. The molecular formula is C12H6F18O3. The minimum absolute atomic E-state index is 2.85. The van der Waals surface area contributed by atoms with Gasteiger partial charge in [0.05, 0.1) is 0 Å². The van der Waals surface area contributed by atoms with Gasteiger partial charge in [-0.05, 0) is 0 Å². The molecule has 0 unspecified atom stereocenters. The van der Waals surface area contributed by atoms with E-state index in [4.69, 9.17) is 0 Å². The third-order valence-corrected chi connectivity index (χ3v) is 3.35. The van der Waals surface area contributed by atoms with Gasteiger partial charge in [-0.2, -0.15) is 65.9 Å². The summed E-state index contributed by atoms with van der Waals surface area (Å²) in [5.41, 5.74) is 0. The lowest BCUT2D eigenvalue weighted by Crippen LogP contribution is -2.69. The van der Waals surface area contributed by atoms with Gasteiger partial charge in [0, 0.05) is 0 Å². The van der Waals surface area contributed by atoms with Crippen molar-refractivity contribution in [3.63, 3.8) is 0 Å². The fourth-order valence-electron chi connectivity index (χ4n) is 1.52. The van der Waals surface area contributed by atoms with Crippen LogP contribution in [-0.4, -0.2) is 73.7 Å². The Morgan fingerprint density at radius 2 is 1.00 bits per heavy atom. The van der Waals surface area contributed by atoms with Gasteiger partial charge in [-0.25, -0.2) is 18.0 Å². The molecule has 0 fully saturated rings. The number of ether oxygens (including phenoxy) is 2. The molecule has 33 heavy (non-hydrogen) atoms. The maximum Gasteiger partial charge on any atom is 0.508 e. The molecule has 0 N–H and O–H groups in total. The van der Waals surface area contributed by atoms with Gasteiger partial charge in [0.15, 0.2) is 13.2 Å². The predicted octanol–water partition coefficient (Wildman–Crippen LogP) is 6.12. The quantitative estimate of drug-likeness (QED) is 0.248. The van der Waals surface area contributed by atoms with E-state index < -0.39 is 73.7 Å². The minimum Gasteiger partial charge on any atom is -0.428 e. The van der Waals surface area contributed by atoms with Crippen LogP contribution in [0.25, 0.3) is 0 Å². The van der Waals surface area contributed by atoms with E-state index in [9.17, 15) is 83.8 Å². The molecule has 198 valence electrons. The first-order valence-electron chi connectivity index (χ1n) is 7.25. The van der Waals surface area contributed by atoms with E-state index in [1.165, 1.54) is 0 Å². The third kappa shape index (κ3) is 5.75. The first-order valence-corrected chi connectivity index (χ1v) is 7.25. The highest BCUT2D eigenvalue weighted by Gasteiger charge is 2.88. The Morgan fingerprint density at radius 1 is 0.606 bits per heavy atom. The Balaban J connectivity index is 5.49. The lowest BCUT2D eigenvalue weighted by molar-refractivity contribution is -0.414. The molecule has 3 nitrogen and oxygen atoms in total. The molecule has 1 atom stereocenters. The van der Waals surface area contributed by atoms with E-state index in [0.29, 0.717) is 0 Å². The second-order valence-electron chi connectivity index (χ2n) is 5.84. The highest BCUT2D eigenvalue weighted by atomic mass is 19.4. The van der Waals surface area contributed by atoms with Crippen molar-refractivity contribution >= 4 is 6.16 Å². The summed E-state index contributed by atoms with van der Waals surface area (Å²) in [5.74, 6) is -43.3. The van der Waals surface area contributed by atoms with E-state index in [0.717, 1.165) is 0 Å². The summed E-state index contributed by atoms with van der Waals surface area (Å²) in [6.45, 7) is -6.52. The molecule has 0 amide bonds. The Hall–Kier alpha value is -1.99. The lowest BCUT2D eigenvalue weighted by Gasteiger charge is -2.38. The molecule has 0 bridgehead atoms. The van der Waals surface area contributed by atoms with Crippen LogP contribution in [0.5, 0.6) is 0 Å². The maximum absolute atomic E-state index is 13.3. The zero-order valence-electron chi connectivity index (χ0n) is 14.6. The maximum atomic E-state index is 13.3. The smallest absolute Gasteiger partial charge is 0.428 e. The minimum atomic E-state index is -7.97. The zero-order valence-corrected chi connectivity index (χ0v) is 14.6. The van der Waals surface area contributed by atoms with Crippen molar-refractivity contribution in [2.75, 3.05) is 13.2 Å². The standard InChI is InChI=1S/C12H6F18O3/c13-3(9(22,23)24)6(16,17)1-32-5(31)33-2-7(18,19)10(25,26)12(29,30)11(27,28)8(20,21)4(14)15/h3-4H,1-2H2/t3-/m1/s1. The summed E-state index contributed by atoms with van der Waals surface area (Å²) in [6.07, 6.45) is -20.1. The van der Waals surface area contributed by atoms with Crippen LogP contribution in [-0.2, 0) is 9.47 Å². The Bertz CT molecular complexity index is 684. The molecule has 0 radical (unpaired) electrons. The molecule has 21 heteroatoms. The SMILES string of the molecule is O=C(OCC(F)(F)[C@@H](F)C(F)(F)F)OCC(F)(F)C(F)(F)C(F)(F)C(F)(F)C(F)(F)C(F)F. The summed E-state index contributed by atoms with van der Waals surface area (Å²) >= 11 is 0. The highest BCUT2D eigenvalue weighted by molar-refractivity contribution is 5.60. The Kier molecular flexibility index (Phi) is 8.45. The predicted molar refractivity (Wildman–Crippen MR) is 63.9 cm³/mol. The molecule has 0 aliphatic carbocycles. The highest BCUT2D eigenvalue weighted by Crippen LogP contribution is 2.58. The Morgan fingerprint density at radius 3 is 1.36 bits per heavy atom. The monoisotopic (exact) mass is 540 g/mol. The summed E-state index contributed by atoms with van der Waals surface area (Å²) in [6, 6.07) is 0. The number of halogens is 18. The molecule has 0 aromatic rings. The van der Waals surface area contributed by atoms with Crippen LogP contribution in [0, 0.1) is 0 Å². The Labute approximate surface area is 168 Å². The molecule has 0 aliphatic heterocycles. The van der Waals surface area contributed by atoms with Crippen LogP contribution >= 0.6 is 0 Å². The molecule has 0 rings (SSSR count). The van der Waals surface area contributed by atoms with Gasteiger partial charge < -0.3 is 9.47 Å². The van der Waals surface area contributed by atoms with Crippen molar-refractivity contribution in [1.82, 2.24) is 0 Å². The van der Waals surface area contributed by atoms with Crippen LogP contribution in [0.3, 0.4) is 0 Å². The van der Waals surface area contributed by atoms with E-state index in [1.807, 2.05) is 0 Å². The van der Waals surface area contributed by atoms with Gasteiger partial charge >= 0.3 is 54.3 Å². The second kappa shape index (κ2) is 8.99. The van der Waals surface area contributed by atoms with E-state index in [-0.39, 0.29) is 0 Å². The van der Waals surface area contributed by atoms with Crippen LogP contribution < -0.4 is 0 Å². The summed E-state index contributed by atoms with van der Waals surface area (Å²) in [5, 5.41) is 0. The molecule has 0 spiro atoms. The zero-order chi connectivity index (χ0) is 27.1. The number of hydrogen-bond donors (Lipinski definition) is 0. The van der Waals surface area contributed by atoms with Crippen molar-refractivity contribution < 1.29 is 93.3 Å². The first-order chi connectivity index (χ1) is 14.2. The average molecular weight is 540 g/mol. The fraction of sp³-hybridized carbons (Fsp3) is 0.917. The largest absolute Gasteiger partial charge is 0.508 e. The van der Waals surface area contributed by atoms with Crippen molar-refractivity contribution in [2.45, 2.75) is 54.3 Å². The normalized spacial score (nSPS) is 16.1. The van der Waals surface area contributed by atoms with Crippen molar-refractivity contribution in [3.8, 4) is 0 Å². The fourth-order valence-corrected chi connectivity index (χ4v) is 1.52. The number of carbonyl (C=O) groups excluding carboxylic acids is 1. The van der Waals surface area contributed by atoms with Gasteiger partial charge in [0.2, 0.25) is 0 Å². The lowest BCUT2D eigenvalue weighted by atomic mass is 9.94. The van der Waals surface area contributed by atoms with E-state index in [2.05, 4.69) is 9.47 Å². The number of carbonyl (C=O) groups is 1. The second-order valence-corrected chi connectivity index (χ2v) is 5.84. The van der Waals surface area contributed by atoms with Crippen LogP contribution in [0.2, 0.25) is 0 Å². The third-order valence-electron chi connectivity index (χ3n) is 3.35. The van der Waals surface area contributed by atoms with Gasteiger partial charge in [-0.1, -0.05) is 0 Å². The first kappa shape index (κ1) is 31.0. The summed E-state index contributed by atoms with van der Waals surface area (Å²) < 4.78 is 233. The van der Waals surface area contributed by atoms with Crippen molar-refractivity contribution in [3.05, 3.63) is 0 Å². The van der Waals surface area contributed by atoms with Gasteiger partial charge in [0.1, 0.15) is 0 Å². The van der Waals surface area contributed by atoms with Gasteiger partial charge in [0.25, 0.3) is 6.17 Å². The molecule has 0 aromatic heterocycles. The van der Waals surface area contributed by atoms with Crippen LogP contribution in [0.15, 0.2) is 0 Å². The number of alkyl halides is 18. The van der Waals surface area contributed by atoms with E-state index in [1.54, 1.807) is 0 Å². The van der Waals surface area contributed by atoms with Crippen molar-refractivity contribution in [2.24, 2.45) is 0 Å². The molecule has 0 aromatic carbocycles. The topological polar surface area (TPSA) is 35.5 Å². The average Bonchev–Trinajstić information content (AvgIpc) is 2.62. The van der Waals surface area contributed by atoms with Crippen LogP contribution in [0.1, 0.15) is 0 Å². The van der Waals surface area contributed by atoms with Crippen LogP contribution in [0.4, 0.5) is 83.8 Å². The van der Waals surface area contributed by atoms with Crippen molar-refractivity contribution in [1.29, 1.82) is 0 Å². The summed E-state index contributed by atoms with van der Waals surface area (Å²) in [7, 11) is 0. The molecule has 0 saturated carbocycles. The molecular weight excluding hydrogens is 534 g/mol. The summed E-state index contributed by atoms with van der Waals surface area (Å²) in [4.78, 5) is 10.7. The van der Waals surface area contributed by atoms with Gasteiger partial charge in [-0.3, -0.25) is 0 Å².